The van der Waals surface area contributed by atoms with Crippen molar-refractivity contribution < 1.29 is 28.5 Å². The molecule has 0 saturated carbocycles. The number of anilines is 1. The number of amides is 1. The van der Waals surface area contributed by atoms with E-state index in [0.717, 1.165) is 5.56 Å². The van der Waals surface area contributed by atoms with Crippen molar-refractivity contribution >= 4 is 17.4 Å². The molecule has 1 heterocycles. The van der Waals surface area contributed by atoms with Gasteiger partial charge in [0.05, 0.1) is 26.3 Å². The molecular formula is C19H19NO6. The molecule has 136 valence electrons. The maximum Gasteiger partial charge on any atom is 0.231 e. The molecule has 0 saturated heterocycles. The maximum absolute atomic E-state index is 12.4. The van der Waals surface area contributed by atoms with Gasteiger partial charge in [0.1, 0.15) is 0 Å². The molecule has 1 N–H and O–H groups in total. The van der Waals surface area contributed by atoms with E-state index in [1.807, 2.05) is 0 Å². The number of ketones is 1. The summed E-state index contributed by atoms with van der Waals surface area (Å²) in [6, 6.07) is 8.45. The number of benzene rings is 2. The molecule has 0 aromatic heterocycles. The number of carbonyl (C=O) groups is 2. The van der Waals surface area contributed by atoms with Gasteiger partial charge >= 0.3 is 0 Å². The number of carbonyl (C=O) groups excluding carboxylic acids is 2. The molecule has 7 heteroatoms. The number of ether oxygens (including phenoxy) is 4. The summed E-state index contributed by atoms with van der Waals surface area (Å²) in [5.74, 6) is 1.68. The third-order valence-electron chi connectivity index (χ3n) is 3.98. The van der Waals surface area contributed by atoms with E-state index in [9.17, 15) is 9.59 Å². The smallest absolute Gasteiger partial charge is 0.231 e. The number of fused-ring (bicyclic) bond motifs is 1. The monoisotopic (exact) mass is 357 g/mol. The Kier molecular flexibility index (Phi) is 4.97. The van der Waals surface area contributed by atoms with Crippen LogP contribution in [0.25, 0.3) is 0 Å². The van der Waals surface area contributed by atoms with Gasteiger partial charge in [-0.3, -0.25) is 9.59 Å². The minimum absolute atomic E-state index is 0.0930. The highest BCUT2D eigenvalue weighted by atomic mass is 16.7. The van der Waals surface area contributed by atoms with Gasteiger partial charge in [0.25, 0.3) is 0 Å². The fourth-order valence-electron chi connectivity index (χ4n) is 2.71. The predicted molar refractivity (Wildman–Crippen MR) is 94.4 cm³/mol. The number of rotatable bonds is 6. The lowest BCUT2D eigenvalue weighted by Gasteiger charge is -2.12. The Morgan fingerprint density at radius 1 is 1.04 bits per heavy atom. The average Bonchev–Trinajstić information content (AvgIpc) is 3.08. The lowest BCUT2D eigenvalue weighted by Crippen LogP contribution is -2.16. The molecule has 0 bridgehead atoms. The van der Waals surface area contributed by atoms with Crippen LogP contribution < -0.4 is 24.3 Å². The zero-order valence-corrected chi connectivity index (χ0v) is 14.8. The van der Waals surface area contributed by atoms with Crippen LogP contribution in [0.2, 0.25) is 0 Å². The van der Waals surface area contributed by atoms with Gasteiger partial charge in [0.15, 0.2) is 28.8 Å². The first-order valence-electron chi connectivity index (χ1n) is 7.97. The van der Waals surface area contributed by atoms with Gasteiger partial charge in [-0.1, -0.05) is 6.07 Å². The second-order valence-corrected chi connectivity index (χ2v) is 5.72. The van der Waals surface area contributed by atoms with Crippen molar-refractivity contribution in [1.29, 1.82) is 0 Å². The van der Waals surface area contributed by atoms with Crippen molar-refractivity contribution in [2.45, 2.75) is 13.3 Å². The first-order chi connectivity index (χ1) is 12.5. The van der Waals surface area contributed by atoms with Crippen LogP contribution in [0.5, 0.6) is 23.0 Å². The van der Waals surface area contributed by atoms with Crippen molar-refractivity contribution in [1.82, 2.24) is 0 Å². The van der Waals surface area contributed by atoms with Crippen LogP contribution in [0.15, 0.2) is 30.3 Å². The Morgan fingerprint density at radius 2 is 1.73 bits per heavy atom. The third-order valence-corrected chi connectivity index (χ3v) is 3.98. The van der Waals surface area contributed by atoms with Crippen LogP contribution in [0, 0.1) is 0 Å². The fraction of sp³-hybridized carbons (Fsp3) is 0.263. The first kappa shape index (κ1) is 17.6. The molecule has 0 atom stereocenters. The van der Waals surface area contributed by atoms with Gasteiger partial charge < -0.3 is 24.3 Å². The van der Waals surface area contributed by atoms with E-state index in [-0.39, 0.29) is 24.9 Å². The highest BCUT2D eigenvalue weighted by molar-refractivity contribution is 6.05. The van der Waals surface area contributed by atoms with Gasteiger partial charge in [0.2, 0.25) is 12.7 Å². The van der Waals surface area contributed by atoms with E-state index in [1.54, 1.807) is 37.4 Å². The summed E-state index contributed by atoms with van der Waals surface area (Å²) in [7, 11) is 3.08. The van der Waals surface area contributed by atoms with Crippen LogP contribution in [0.3, 0.4) is 0 Å². The normalized spacial score (nSPS) is 11.8. The van der Waals surface area contributed by atoms with Crippen molar-refractivity contribution in [3.63, 3.8) is 0 Å². The number of Topliss-reactive ketones (excluding diaryl/α,β-unsaturated/α-hetero) is 1. The van der Waals surface area contributed by atoms with E-state index in [1.165, 1.54) is 14.0 Å². The Bertz CT molecular complexity index is 861. The lowest BCUT2D eigenvalue weighted by molar-refractivity contribution is -0.115. The quantitative estimate of drug-likeness (QED) is 0.801. The van der Waals surface area contributed by atoms with E-state index < -0.39 is 0 Å². The minimum atomic E-state index is -0.265. The molecule has 1 aliphatic heterocycles. The highest BCUT2D eigenvalue weighted by Gasteiger charge is 2.20. The number of hydrogen-bond donors (Lipinski definition) is 1. The standard InChI is InChI=1S/C19H19NO6/c1-11(21)13-8-17-18(26-10-25-17)9-14(13)20-19(22)7-12-4-5-15(23-2)16(6-12)24-3/h4-6,8-9H,7,10H2,1-3H3,(H,20,22). The van der Waals surface area contributed by atoms with Crippen molar-refractivity contribution in [3.8, 4) is 23.0 Å². The van der Waals surface area contributed by atoms with Crippen LogP contribution in [0.4, 0.5) is 5.69 Å². The van der Waals surface area contributed by atoms with Gasteiger partial charge in [-0.15, -0.1) is 0 Å². The van der Waals surface area contributed by atoms with Gasteiger partial charge in [0, 0.05) is 11.6 Å². The van der Waals surface area contributed by atoms with Crippen molar-refractivity contribution in [2.75, 3.05) is 26.3 Å². The molecule has 1 aliphatic rings. The molecule has 2 aromatic rings. The van der Waals surface area contributed by atoms with Crippen molar-refractivity contribution in [2.24, 2.45) is 0 Å². The summed E-state index contributed by atoms with van der Waals surface area (Å²) >= 11 is 0. The topological polar surface area (TPSA) is 83.1 Å². The number of nitrogens with one attached hydrogen (secondary N) is 1. The molecule has 26 heavy (non-hydrogen) atoms. The zero-order chi connectivity index (χ0) is 18.7. The Morgan fingerprint density at radius 3 is 2.38 bits per heavy atom. The fourth-order valence-corrected chi connectivity index (χ4v) is 2.71. The predicted octanol–water partition coefficient (Wildman–Crippen LogP) is 2.82. The van der Waals surface area contributed by atoms with Gasteiger partial charge in [-0.05, 0) is 30.7 Å². The summed E-state index contributed by atoms with van der Waals surface area (Å²) in [6.45, 7) is 1.53. The molecule has 0 radical (unpaired) electrons. The molecule has 0 fully saturated rings. The zero-order valence-electron chi connectivity index (χ0n) is 14.8. The lowest BCUT2D eigenvalue weighted by atomic mass is 10.1. The van der Waals surface area contributed by atoms with Crippen LogP contribution in [-0.2, 0) is 11.2 Å². The number of methoxy groups -OCH3 is 2. The molecule has 3 rings (SSSR count). The largest absolute Gasteiger partial charge is 0.493 e. The number of hydrogen-bond acceptors (Lipinski definition) is 6. The Labute approximate surface area is 150 Å². The Hall–Kier alpha value is -3.22. The van der Waals surface area contributed by atoms with E-state index >= 15 is 0 Å². The molecular weight excluding hydrogens is 338 g/mol. The summed E-state index contributed by atoms with van der Waals surface area (Å²) < 4.78 is 21.0. The molecule has 0 unspecified atom stereocenters. The molecule has 0 spiro atoms. The molecule has 0 aliphatic carbocycles. The van der Waals surface area contributed by atoms with Gasteiger partial charge in [-0.2, -0.15) is 0 Å². The maximum atomic E-state index is 12.4. The second kappa shape index (κ2) is 7.35. The summed E-state index contributed by atoms with van der Waals surface area (Å²) in [5.41, 5.74) is 1.52. The highest BCUT2D eigenvalue weighted by Crippen LogP contribution is 2.37. The van der Waals surface area contributed by atoms with Gasteiger partial charge in [-0.25, -0.2) is 0 Å². The third kappa shape index (κ3) is 3.56. The van der Waals surface area contributed by atoms with Crippen molar-refractivity contribution in [3.05, 3.63) is 41.5 Å². The SMILES string of the molecule is COc1ccc(CC(=O)Nc2cc3c(cc2C(C)=O)OCO3)cc1OC. The van der Waals surface area contributed by atoms with Crippen LogP contribution in [-0.4, -0.2) is 32.7 Å². The van der Waals surface area contributed by atoms with Crippen LogP contribution in [0.1, 0.15) is 22.8 Å². The minimum Gasteiger partial charge on any atom is -0.493 e. The molecule has 1 amide bonds. The second-order valence-electron chi connectivity index (χ2n) is 5.72. The summed E-state index contributed by atoms with van der Waals surface area (Å²) in [5, 5.41) is 2.77. The Balaban J connectivity index is 1.79. The van der Waals surface area contributed by atoms with E-state index in [2.05, 4.69) is 5.32 Å². The first-order valence-corrected chi connectivity index (χ1v) is 7.97. The molecule has 7 nitrogen and oxygen atoms in total. The average molecular weight is 357 g/mol. The van der Waals surface area contributed by atoms with E-state index in [0.29, 0.717) is 34.2 Å². The van der Waals surface area contributed by atoms with E-state index in [4.69, 9.17) is 18.9 Å². The molecule has 2 aromatic carbocycles. The van der Waals surface area contributed by atoms with Crippen LogP contribution >= 0.6 is 0 Å². The summed E-state index contributed by atoms with van der Waals surface area (Å²) in [6.07, 6.45) is 0.117. The summed E-state index contributed by atoms with van der Waals surface area (Å²) in [4.78, 5) is 24.3.